The summed E-state index contributed by atoms with van der Waals surface area (Å²) in [6.45, 7) is 2.94. The Morgan fingerprint density at radius 3 is 2.19 bits per heavy atom. The van der Waals surface area contributed by atoms with Crippen LogP contribution in [-0.4, -0.2) is 65.3 Å². The molecule has 0 bridgehead atoms. The molecule has 2 aliphatic rings. The Balaban J connectivity index is 1.67. The Morgan fingerprint density at radius 1 is 0.968 bits per heavy atom. The molecule has 0 saturated carbocycles. The number of nitrogens with zero attached hydrogens (tertiary/aromatic N) is 1. The monoisotopic (exact) mass is 465 g/mol. The standard InChI is InChI=1S/C22H27NO6S2/c1-15-4-6-18(7-5-15)31(26,27)22-14-30(24,25)13-19(22)23-9-8-16-10-20(28-2)21(29-3)11-17(16)12-23/h4-7,10-11,19,22H,8-9,12-14H2,1-3H3. The lowest BCUT2D eigenvalue weighted by atomic mass is 9.97. The third-order valence-electron chi connectivity index (χ3n) is 6.24. The summed E-state index contributed by atoms with van der Waals surface area (Å²) >= 11 is 0. The first-order valence-electron chi connectivity index (χ1n) is 10.1. The molecule has 4 rings (SSSR count). The molecule has 0 spiro atoms. The van der Waals surface area contributed by atoms with Gasteiger partial charge in [0.1, 0.15) is 0 Å². The number of rotatable bonds is 5. The fourth-order valence-electron chi connectivity index (χ4n) is 4.52. The van der Waals surface area contributed by atoms with Gasteiger partial charge in [-0.25, -0.2) is 16.8 Å². The van der Waals surface area contributed by atoms with Gasteiger partial charge in [0.05, 0.1) is 35.9 Å². The van der Waals surface area contributed by atoms with E-state index in [-0.39, 0.29) is 16.4 Å². The van der Waals surface area contributed by atoms with Crippen molar-refractivity contribution >= 4 is 19.7 Å². The highest BCUT2D eigenvalue weighted by Gasteiger charge is 2.48. The smallest absolute Gasteiger partial charge is 0.183 e. The van der Waals surface area contributed by atoms with Gasteiger partial charge in [-0.05, 0) is 48.7 Å². The van der Waals surface area contributed by atoms with Crippen molar-refractivity contribution in [1.82, 2.24) is 4.90 Å². The van der Waals surface area contributed by atoms with Gasteiger partial charge in [-0.1, -0.05) is 17.7 Å². The van der Waals surface area contributed by atoms with Crippen molar-refractivity contribution in [2.24, 2.45) is 0 Å². The van der Waals surface area contributed by atoms with Gasteiger partial charge in [0, 0.05) is 19.1 Å². The summed E-state index contributed by atoms with van der Waals surface area (Å²) in [4.78, 5) is 2.17. The largest absolute Gasteiger partial charge is 0.493 e. The number of hydrogen-bond donors (Lipinski definition) is 0. The molecule has 0 amide bonds. The van der Waals surface area contributed by atoms with E-state index in [1.54, 1.807) is 38.5 Å². The number of benzene rings is 2. The molecule has 1 fully saturated rings. The normalized spacial score (nSPS) is 23.3. The molecule has 31 heavy (non-hydrogen) atoms. The van der Waals surface area contributed by atoms with Gasteiger partial charge in [0.25, 0.3) is 0 Å². The molecule has 7 nitrogen and oxygen atoms in total. The fraction of sp³-hybridized carbons (Fsp3) is 0.455. The van der Waals surface area contributed by atoms with Crippen molar-refractivity contribution in [3.63, 3.8) is 0 Å². The first-order valence-corrected chi connectivity index (χ1v) is 13.5. The number of fused-ring (bicyclic) bond motifs is 1. The molecule has 2 aromatic rings. The van der Waals surface area contributed by atoms with E-state index in [2.05, 4.69) is 0 Å². The van der Waals surface area contributed by atoms with E-state index in [1.807, 2.05) is 24.0 Å². The Bertz CT molecular complexity index is 1190. The minimum Gasteiger partial charge on any atom is -0.493 e. The molecule has 1 saturated heterocycles. The van der Waals surface area contributed by atoms with Gasteiger partial charge >= 0.3 is 0 Å². The van der Waals surface area contributed by atoms with Crippen LogP contribution in [0.1, 0.15) is 16.7 Å². The van der Waals surface area contributed by atoms with Crippen molar-refractivity contribution in [3.8, 4) is 11.5 Å². The second-order valence-electron chi connectivity index (χ2n) is 8.24. The lowest BCUT2D eigenvalue weighted by Crippen LogP contribution is -2.48. The average Bonchev–Trinajstić information content (AvgIpc) is 3.09. The van der Waals surface area contributed by atoms with Crippen LogP contribution < -0.4 is 9.47 Å². The predicted molar refractivity (Wildman–Crippen MR) is 118 cm³/mol. The van der Waals surface area contributed by atoms with E-state index in [0.29, 0.717) is 31.0 Å². The maximum Gasteiger partial charge on any atom is 0.183 e. The number of methoxy groups -OCH3 is 2. The molecule has 2 aliphatic heterocycles. The highest BCUT2D eigenvalue weighted by Crippen LogP contribution is 2.36. The first-order chi connectivity index (χ1) is 14.6. The zero-order valence-corrected chi connectivity index (χ0v) is 19.5. The summed E-state index contributed by atoms with van der Waals surface area (Å²) in [5, 5.41) is -0.984. The van der Waals surface area contributed by atoms with E-state index < -0.39 is 31.0 Å². The summed E-state index contributed by atoms with van der Waals surface area (Å²) in [6.07, 6.45) is 0.684. The number of sulfone groups is 2. The lowest BCUT2D eigenvalue weighted by molar-refractivity contribution is 0.195. The maximum absolute atomic E-state index is 13.4. The Hall–Kier alpha value is -2.10. The SMILES string of the molecule is COc1cc2c(cc1OC)CN(C1CS(=O)(=O)CC1S(=O)(=O)c1ccc(C)cc1)CC2. The average molecular weight is 466 g/mol. The molecule has 0 aliphatic carbocycles. The summed E-state index contributed by atoms with van der Waals surface area (Å²) in [6, 6.07) is 9.86. The molecule has 2 aromatic carbocycles. The zero-order valence-electron chi connectivity index (χ0n) is 17.9. The minimum absolute atomic E-state index is 0.147. The van der Waals surface area contributed by atoms with Crippen LogP contribution in [-0.2, 0) is 32.6 Å². The van der Waals surface area contributed by atoms with Gasteiger partial charge in [-0.3, -0.25) is 4.90 Å². The van der Waals surface area contributed by atoms with Gasteiger partial charge < -0.3 is 9.47 Å². The molecule has 168 valence electrons. The van der Waals surface area contributed by atoms with Crippen LogP contribution >= 0.6 is 0 Å². The number of hydrogen-bond acceptors (Lipinski definition) is 7. The summed E-state index contributed by atoms with van der Waals surface area (Å²) < 4.78 is 62.6. The molecular formula is C22H27NO6S2. The molecule has 0 N–H and O–H groups in total. The lowest BCUT2D eigenvalue weighted by Gasteiger charge is -2.36. The third-order valence-corrected chi connectivity index (χ3v) is 10.4. The van der Waals surface area contributed by atoms with Crippen molar-refractivity contribution in [2.45, 2.75) is 36.1 Å². The number of aryl methyl sites for hydroxylation is 1. The molecule has 0 aromatic heterocycles. The van der Waals surface area contributed by atoms with Gasteiger partial charge in [0.2, 0.25) is 0 Å². The minimum atomic E-state index is -3.79. The van der Waals surface area contributed by atoms with Gasteiger partial charge in [-0.15, -0.1) is 0 Å². The second kappa shape index (κ2) is 8.11. The fourth-order valence-corrected chi connectivity index (χ4v) is 9.35. The Labute approximate surface area is 183 Å². The zero-order chi connectivity index (χ0) is 22.4. The highest BCUT2D eigenvalue weighted by atomic mass is 32.2. The first kappa shape index (κ1) is 22.1. The highest BCUT2D eigenvalue weighted by molar-refractivity contribution is 7.96. The maximum atomic E-state index is 13.4. The molecule has 2 atom stereocenters. The van der Waals surface area contributed by atoms with E-state index in [9.17, 15) is 16.8 Å². The summed E-state index contributed by atoms with van der Waals surface area (Å²) in [5.41, 5.74) is 3.05. The van der Waals surface area contributed by atoms with Crippen LogP contribution in [0.25, 0.3) is 0 Å². The van der Waals surface area contributed by atoms with E-state index >= 15 is 0 Å². The van der Waals surface area contributed by atoms with Crippen LogP contribution in [0.5, 0.6) is 11.5 Å². The Kier molecular flexibility index (Phi) is 5.78. The van der Waals surface area contributed by atoms with Crippen LogP contribution in [0.15, 0.2) is 41.3 Å². The van der Waals surface area contributed by atoms with Crippen molar-refractivity contribution in [2.75, 3.05) is 32.3 Å². The van der Waals surface area contributed by atoms with Gasteiger partial charge in [-0.2, -0.15) is 0 Å². The molecule has 2 unspecified atom stereocenters. The summed E-state index contributed by atoms with van der Waals surface area (Å²) in [5.74, 6) is 0.762. The molecule has 9 heteroatoms. The van der Waals surface area contributed by atoms with Crippen LogP contribution in [0.4, 0.5) is 0 Å². The van der Waals surface area contributed by atoms with Crippen molar-refractivity contribution in [1.29, 1.82) is 0 Å². The number of ether oxygens (including phenoxy) is 2. The van der Waals surface area contributed by atoms with Crippen molar-refractivity contribution < 1.29 is 26.3 Å². The molecule has 2 heterocycles. The molecule has 0 radical (unpaired) electrons. The second-order valence-corrected chi connectivity index (χ2v) is 12.6. The van der Waals surface area contributed by atoms with E-state index in [1.165, 1.54) is 0 Å². The summed E-state index contributed by atoms with van der Waals surface area (Å²) in [7, 11) is -4.10. The van der Waals surface area contributed by atoms with Gasteiger partial charge in [0.15, 0.2) is 31.2 Å². The van der Waals surface area contributed by atoms with Crippen LogP contribution in [0.2, 0.25) is 0 Å². The van der Waals surface area contributed by atoms with E-state index in [4.69, 9.17) is 9.47 Å². The van der Waals surface area contributed by atoms with Crippen LogP contribution in [0, 0.1) is 6.92 Å². The van der Waals surface area contributed by atoms with Crippen LogP contribution in [0.3, 0.4) is 0 Å². The van der Waals surface area contributed by atoms with E-state index in [0.717, 1.165) is 16.7 Å². The molecular weight excluding hydrogens is 438 g/mol. The topological polar surface area (TPSA) is 90.0 Å². The van der Waals surface area contributed by atoms with Crippen molar-refractivity contribution in [3.05, 3.63) is 53.1 Å². The Morgan fingerprint density at radius 2 is 1.58 bits per heavy atom. The third kappa shape index (κ3) is 4.18. The predicted octanol–water partition coefficient (Wildman–Crippen LogP) is 2.01. The quantitative estimate of drug-likeness (QED) is 0.667.